The first-order chi connectivity index (χ1) is 17.5. The lowest BCUT2D eigenvalue weighted by molar-refractivity contribution is 0.0948. The van der Waals surface area contributed by atoms with Crippen molar-refractivity contribution in [2.75, 3.05) is 27.2 Å². The van der Waals surface area contributed by atoms with Gasteiger partial charge in [0, 0.05) is 23.7 Å². The van der Waals surface area contributed by atoms with Gasteiger partial charge in [0.2, 0.25) is 0 Å². The smallest absolute Gasteiger partial charge is 0.254 e. The van der Waals surface area contributed by atoms with Crippen LogP contribution in [0.15, 0.2) is 66.9 Å². The second-order valence-corrected chi connectivity index (χ2v) is 8.92. The van der Waals surface area contributed by atoms with Gasteiger partial charge in [-0.1, -0.05) is 23.4 Å². The summed E-state index contributed by atoms with van der Waals surface area (Å²) in [5.41, 5.74) is 4.38. The SMILES string of the molecule is CN(C)CCCNC(=O)c1ccc(-c2ccc3nnn(Cc4ccc5ncccc5c4)c3n2)cc1F. The predicted molar refractivity (Wildman–Crippen MR) is 137 cm³/mol. The number of hydrogen-bond acceptors (Lipinski definition) is 6. The number of halogens is 1. The number of pyridine rings is 2. The number of carbonyl (C=O) groups excluding carboxylic acids is 1. The van der Waals surface area contributed by atoms with Gasteiger partial charge in [-0.3, -0.25) is 9.78 Å². The van der Waals surface area contributed by atoms with Crippen molar-refractivity contribution in [3.63, 3.8) is 0 Å². The van der Waals surface area contributed by atoms with Crippen LogP contribution in [0.2, 0.25) is 0 Å². The van der Waals surface area contributed by atoms with Crippen molar-refractivity contribution in [1.29, 1.82) is 0 Å². The molecule has 0 unspecified atom stereocenters. The van der Waals surface area contributed by atoms with Crippen LogP contribution in [0.3, 0.4) is 0 Å². The molecule has 0 saturated carbocycles. The van der Waals surface area contributed by atoms with Gasteiger partial charge in [-0.2, -0.15) is 0 Å². The molecule has 182 valence electrons. The molecular formula is C27H26FN7O. The van der Waals surface area contributed by atoms with E-state index in [1.165, 1.54) is 12.1 Å². The average Bonchev–Trinajstić information content (AvgIpc) is 3.28. The topological polar surface area (TPSA) is 88.8 Å². The Morgan fingerprint density at radius 2 is 1.92 bits per heavy atom. The van der Waals surface area contributed by atoms with Crippen molar-refractivity contribution in [2.24, 2.45) is 0 Å². The summed E-state index contributed by atoms with van der Waals surface area (Å²) in [6, 6.07) is 18.1. The number of amides is 1. The Balaban J connectivity index is 1.36. The van der Waals surface area contributed by atoms with Gasteiger partial charge in [-0.15, -0.1) is 5.10 Å². The molecule has 8 nitrogen and oxygen atoms in total. The standard InChI is InChI=1S/C27H26FN7O/c1-34(2)14-4-13-30-27(36)21-8-7-20(16-22(21)28)24-10-11-25-26(31-24)35(33-32-25)17-18-6-9-23-19(15-18)5-3-12-29-23/h3,5-12,15-16H,4,13-14,17H2,1-2H3,(H,30,36). The van der Waals surface area contributed by atoms with Crippen molar-refractivity contribution in [3.05, 3.63) is 83.8 Å². The van der Waals surface area contributed by atoms with Gasteiger partial charge in [0.1, 0.15) is 11.3 Å². The second kappa shape index (κ2) is 10.2. The van der Waals surface area contributed by atoms with Crippen LogP contribution in [-0.2, 0) is 6.54 Å². The maximum Gasteiger partial charge on any atom is 0.254 e. The molecule has 2 aromatic carbocycles. The summed E-state index contributed by atoms with van der Waals surface area (Å²) in [6.07, 6.45) is 2.56. The molecule has 1 N–H and O–H groups in total. The van der Waals surface area contributed by atoms with E-state index in [-0.39, 0.29) is 5.56 Å². The minimum absolute atomic E-state index is 0.0159. The Hall–Kier alpha value is -4.24. The van der Waals surface area contributed by atoms with E-state index in [1.807, 2.05) is 49.3 Å². The quantitative estimate of drug-likeness (QED) is 0.337. The molecule has 0 saturated heterocycles. The Labute approximate surface area is 207 Å². The summed E-state index contributed by atoms with van der Waals surface area (Å²) >= 11 is 0. The molecule has 0 fully saturated rings. The summed E-state index contributed by atoms with van der Waals surface area (Å²) in [7, 11) is 3.94. The van der Waals surface area contributed by atoms with E-state index >= 15 is 0 Å². The highest BCUT2D eigenvalue weighted by Crippen LogP contribution is 2.23. The zero-order valence-corrected chi connectivity index (χ0v) is 20.1. The number of fused-ring (bicyclic) bond motifs is 2. The maximum atomic E-state index is 14.8. The first-order valence-corrected chi connectivity index (χ1v) is 11.7. The Morgan fingerprint density at radius 3 is 2.75 bits per heavy atom. The molecule has 0 bridgehead atoms. The molecule has 5 aromatic rings. The molecule has 9 heteroatoms. The van der Waals surface area contributed by atoms with Crippen LogP contribution >= 0.6 is 0 Å². The first-order valence-electron chi connectivity index (χ1n) is 11.7. The number of carbonyl (C=O) groups is 1. The predicted octanol–water partition coefficient (Wildman–Crippen LogP) is 3.91. The van der Waals surface area contributed by atoms with Crippen LogP contribution in [0.4, 0.5) is 4.39 Å². The molecule has 36 heavy (non-hydrogen) atoms. The monoisotopic (exact) mass is 483 g/mol. The van der Waals surface area contributed by atoms with Crippen molar-refractivity contribution in [1.82, 2.24) is 35.2 Å². The van der Waals surface area contributed by atoms with E-state index < -0.39 is 11.7 Å². The fraction of sp³-hybridized carbons (Fsp3) is 0.222. The van der Waals surface area contributed by atoms with E-state index in [0.29, 0.717) is 35.5 Å². The number of hydrogen-bond donors (Lipinski definition) is 1. The molecule has 0 radical (unpaired) electrons. The lowest BCUT2D eigenvalue weighted by Gasteiger charge is -2.10. The fourth-order valence-electron chi connectivity index (χ4n) is 4.07. The first kappa shape index (κ1) is 23.5. The third-order valence-corrected chi connectivity index (χ3v) is 5.94. The molecule has 0 aliphatic carbocycles. The van der Waals surface area contributed by atoms with E-state index in [2.05, 4.69) is 26.7 Å². The van der Waals surface area contributed by atoms with Crippen LogP contribution in [-0.4, -0.2) is 63.0 Å². The van der Waals surface area contributed by atoms with Crippen LogP contribution in [0.5, 0.6) is 0 Å². The minimum Gasteiger partial charge on any atom is -0.352 e. The zero-order valence-electron chi connectivity index (χ0n) is 20.1. The van der Waals surface area contributed by atoms with Crippen LogP contribution in [0.25, 0.3) is 33.3 Å². The fourth-order valence-corrected chi connectivity index (χ4v) is 4.07. The lowest BCUT2D eigenvalue weighted by Crippen LogP contribution is -2.27. The highest BCUT2D eigenvalue weighted by atomic mass is 19.1. The number of nitrogens with one attached hydrogen (secondary N) is 1. The van der Waals surface area contributed by atoms with E-state index in [4.69, 9.17) is 4.98 Å². The Morgan fingerprint density at radius 1 is 1.06 bits per heavy atom. The van der Waals surface area contributed by atoms with Crippen molar-refractivity contribution in [3.8, 4) is 11.3 Å². The lowest BCUT2D eigenvalue weighted by atomic mass is 10.1. The van der Waals surface area contributed by atoms with Gasteiger partial charge in [-0.05, 0) is 75.1 Å². The van der Waals surface area contributed by atoms with Crippen molar-refractivity contribution >= 4 is 28.0 Å². The van der Waals surface area contributed by atoms with E-state index in [1.54, 1.807) is 23.0 Å². The number of benzene rings is 2. The van der Waals surface area contributed by atoms with Gasteiger partial charge in [-0.25, -0.2) is 14.1 Å². The average molecular weight is 484 g/mol. The third kappa shape index (κ3) is 5.06. The summed E-state index contributed by atoms with van der Waals surface area (Å²) in [6.45, 7) is 1.82. The second-order valence-electron chi connectivity index (χ2n) is 8.92. The largest absolute Gasteiger partial charge is 0.352 e. The molecule has 1 amide bonds. The van der Waals surface area contributed by atoms with Gasteiger partial charge in [0.15, 0.2) is 5.65 Å². The molecule has 0 aliphatic rings. The molecule has 0 atom stereocenters. The van der Waals surface area contributed by atoms with Gasteiger partial charge >= 0.3 is 0 Å². The Bertz CT molecular complexity index is 1550. The number of nitrogens with zero attached hydrogens (tertiary/aromatic N) is 6. The van der Waals surface area contributed by atoms with Gasteiger partial charge in [0.05, 0.1) is 23.3 Å². The minimum atomic E-state index is -0.587. The number of aromatic nitrogens is 5. The highest BCUT2D eigenvalue weighted by Gasteiger charge is 2.15. The van der Waals surface area contributed by atoms with Crippen molar-refractivity contribution in [2.45, 2.75) is 13.0 Å². The zero-order chi connectivity index (χ0) is 25.1. The molecule has 0 aliphatic heterocycles. The summed E-state index contributed by atoms with van der Waals surface area (Å²) in [4.78, 5) is 23.5. The summed E-state index contributed by atoms with van der Waals surface area (Å²) < 4.78 is 16.6. The highest BCUT2D eigenvalue weighted by molar-refractivity contribution is 5.95. The Kier molecular flexibility index (Phi) is 6.64. The molecule has 0 spiro atoms. The summed E-state index contributed by atoms with van der Waals surface area (Å²) in [5.74, 6) is -1.01. The molecular weight excluding hydrogens is 457 g/mol. The molecule has 3 aromatic heterocycles. The normalized spacial score (nSPS) is 11.4. The van der Waals surface area contributed by atoms with Crippen LogP contribution < -0.4 is 5.32 Å². The van der Waals surface area contributed by atoms with E-state index in [0.717, 1.165) is 29.4 Å². The maximum absolute atomic E-state index is 14.8. The summed E-state index contributed by atoms with van der Waals surface area (Å²) in [5, 5.41) is 12.3. The van der Waals surface area contributed by atoms with E-state index in [9.17, 15) is 9.18 Å². The van der Waals surface area contributed by atoms with Crippen LogP contribution in [0.1, 0.15) is 22.3 Å². The third-order valence-electron chi connectivity index (χ3n) is 5.94. The van der Waals surface area contributed by atoms with Crippen molar-refractivity contribution < 1.29 is 9.18 Å². The van der Waals surface area contributed by atoms with Gasteiger partial charge < -0.3 is 10.2 Å². The van der Waals surface area contributed by atoms with Gasteiger partial charge in [0.25, 0.3) is 5.91 Å². The molecule has 5 rings (SSSR count). The molecule has 3 heterocycles. The van der Waals surface area contributed by atoms with Crippen LogP contribution in [0, 0.1) is 5.82 Å². The number of rotatable bonds is 8.